The normalized spacial score (nSPS) is 11.3. The van der Waals surface area contributed by atoms with E-state index in [0.29, 0.717) is 21.7 Å². The fourth-order valence-corrected chi connectivity index (χ4v) is 4.04. The summed E-state index contributed by atoms with van der Waals surface area (Å²) in [6.45, 7) is 1.83. The Hall–Kier alpha value is -3.62. The van der Waals surface area contributed by atoms with Gasteiger partial charge < -0.3 is 4.74 Å². The highest BCUT2D eigenvalue weighted by atomic mass is 35.5. The van der Waals surface area contributed by atoms with E-state index in [1.54, 1.807) is 7.11 Å². The van der Waals surface area contributed by atoms with E-state index in [4.69, 9.17) is 16.3 Å². The van der Waals surface area contributed by atoms with Gasteiger partial charge in [0.1, 0.15) is 5.75 Å². The number of nitrogens with one attached hydrogen (secondary N) is 1. The van der Waals surface area contributed by atoms with Crippen LogP contribution in [0, 0.1) is 0 Å². The zero-order valence-electron chi connectivity index (χ0n) is 18.6. The molecule has 0 radical (unpaired) electrons. The number of aromatic nitrogens is 3. The summed E-state index contributed by atoms with van der Waals surface area (Å²) in [5, 5.41) is 14.2. The van der Waals surface area contributed by atoms with Crippen molar-refractivity contribution in [1.29, 1.82) is 0 Å². The third kappa shape index (κ3) is 5.65. The lowest BCUT2D eigenvalue weighted by Crippen LogP contribution is -2.21. The van der Waals surface area contributed by atoms with Gasteiger partial charge >= 0.3 is 0 Å². The second-order valence-corrected chi connectivity index (χ2v) is 8.61. The molecular weight excluding hydrogens is 470 g/mol. The number of benzene rings is 3. The molecule has 0 aliphatic rings. The number of nitrogens with zero attached hydrogens (tertiary/aromatic N) is 4. The van der Waals surface area contributed by atoms with Gasteiger partial charge in [-0.2, -0.15) is 5.10 Å². The Labute approximate surface area is 206 Å². The van der Waals surface area contributed by atoms with Crippen molar-refractivity contribution in [2.24, 2.45) is 5.10 Å². The number of hydrazone groups is 1. The van der Waals surface area contributed by atoms with Crippen LogP contribution in [-0.4, -0.2) is 39.2 Å². The molecule has 1 N–H and O–H groups in total. The molecule has 7 nitrogen and oxygen atoms in total. The summed E-state index contributed by atoms with van der Waals surface area (Å²) >= 11 is 7.36. The van der Waals surface area contributed by atoms with Crippen LogP contribution in [0.3, 0.4) is 0 Å². The minimum Gasteiger partial charge on any atom is -0.497 e. The van der Waals surface area contributed by atoms with Crippen molar-refractivity contribution in [3.05, 3.63) is 89.4 Å². The molecule has 1 heterocycles. The van der Waals surface area contributed by atoms with Crippen LogP contribution < -0.4 is 10.2 Å². The summed E-state index contributed by atoms with van der Waals surface area (Å²) in [4.78, 5) is 12.5. The highest BCUT2D eigenvalue weighted by Gasteiger charge is 2.17. The van der Waals surface area contributed by atoms with Gasteiger partial charge in [0.05, 0.1) is 18.6 Å². The first-order chi connectivity index (χ1) is 16.5. The molecule has 0 saturated heterocycles. The maximum Gasteiger partial charge on any atom is 0.250 e. The molecule has 0 atom stereocenters. The van der Waals surface area contributed by atoms with Gasteiger partial charge in [0.25, 0.3) is 5.91 Å². The van der Waals surface area contributed by atoms with Gasteiger partial charge in [-0.25, -0.2) is 5.43 Å². The predicted molar refractivity (Wildman–Crippen MR) is 136 cm³/mol. The molecule has 0 fully saturated rings. The monoisotopic (exact) mass is 491 g/mol. The first-order valence-electron chi connectivity index (χ1n) is 10.4. The van der Waals surface area contributed by atoms with Gasteiger partial charge in [0.2, 0.25) is 0 Å². The molecule has 9 heteroatoms. The van der Waals surface area contributed by atoms with Crippen LogP contribution in [0.5, 0.6) is 5.75 Å². The van der Waals surface area contributed by atoms with E-state index in [2.05, 4.69) is 20.7 Å². The zero-order valence-corrected chi connectivity index (χ0v) is 20.2. The summed E-state index contributed by atoms with van der Waals surface area (Å²) in [5.74, 6) is 1.32. The van der Waals surface area contributed by atoms with Crippen LogP contribution in [-0.2, 0) is 4.79 Å². The van der Waals surface area contributed by atoms with Gasteiger partial charge in [-0.3, -0.25) is 9.36 Å². The van der Waals surface area contributed by atoms with E-state index >= 15 is 0 Å². The molecule has 0 bridgehead atoms. The fourth-order valence-electron chi connectivity index (χ4n) is 3.17. The van der Waals surface area contributed by atoms with Crippen LogP contribution >= 0.6 is 23.4 Å². The van der Waals surface area contributed by atoms with Crippen molar-refractivity contribution in [1.82, 2.24) is 20.2 Å². The Balaban J connectivity index is 1.49. The summed E-state index contributed by atoms with van der Waals surface area (Å²) in [6.07, 6.45) is 0. The molecule has 0 spiro atoms. The van der Waals surface area contributed by atoms with E-state index in [9.17, 15) is 4.79 Å². The number of halogens is 1. The number of ether oxygens (including phenoxy) is 1. The number of methoxy groups -OCH3 is 1. The Kier molecular flexibility index (Phi) is 7.61. The Bertz CT molecular complexity index is 1290. The molecule has 0 aliphatic heterocycles. The van der Waals surface area contributed by atoms with Gasteiger partial charge in [0.15, 0.2) is 11.0 Å². The minimum absolute atomic E-state index is 0.125. The van der Waals surface area contributed by atoms with E-state index in [1.807, 2.05) is 90.4 Å². The molecule has 1 amide bonds. The molecular formula is C25H22ClN5O2S. The molecule has 1 aromatic heterocycles. The number of carbonyl (C=O) groups excluding carboxylic acids is 1. The van der Waals surface area contributed by atoms with Crippen molar-refractivity contribution < 1.29 is 9.53 Å². The third-order valence-corrected chi connectivity index (χ3v) is 6.12. The summed E-state index contributed by atoms with van der Waals surface area (Å²) in [5.41, 5.74) is 5.96. The molecule has 0 aliphatic carbocycles. The van der Waals surface area contributed by atoms with Crippen molar-refractivity contribution in [3.8, 4) is 22.8 Å². The maximum absolute atomic E-state index is 12.5. The first-order valence-corrected chi connectivity index (χ1v) is 11.8. The molecule has 3 aromatic carbocycles. The SMILES string of the molecule is COc1ccc(/C(C)=N\NC(=O)CSc2nnc(-c3ccccc3)n2-c2ccc(Cl)cc2)cc1. The minimum atomic E-state index is -0.246. The second kappa shape index (κ2) is 11.0. The van der Waals surface area contributed by atoms with Crippen molar-refractivity contribution in [2.45, 2.75) is 12.1 Å². The maximum atomic E-state index is 12.5. The van der Waals surface area contributed by atoms with Crippen molar-refractivity contribution in [3.63, 3.8) is 0 Å². The van der Waals surface area contributed by atoms with Crippen LogP contribution in [0.25, 0.3) is 17.1 Å². The summed E-state index contributed by atoms with van der Waals surface area (Å²) in [7, 11) is 1.62. The molecule has 4 rings (SSSR count). The van der Waals surface area contributed by atoms with Crippen LogP contribution in [0.2, 0.25) is 5.02 Å². The van der Waals surface area contributed by atoms with Crippen LogP contribution in [0.4, 0.5) is 0 Å². The average Bonchev–Trinajstić information content (AvgIpc) is 3.31. The number of rotatable bonds is 8. The molecule has 4 aromatic rings. The smallest absolute Gasteiger partial charge is 0.250 e. The van der Waals surface area contributed by atoms with E-state index in [0.717, 1.165) is 22.6 Å². The zero-order chi connectivity index (χ0) is 23.9. The van der Waals surface area contributed by atoms with E-state index in [-0.39, 0.29) is 11.7 Å². The van der Waals surface area contributed by atoms with E-state index in [1.165, 1.54) is 11.8 Å². The number of amides is 1. The first kappa shape index (κ1) is 23.5. The summed E-state index contributed by atoms with van der Waals surface area (Å²) in [6, 6.07) is 24.6. The lowest BCUT2D eigenvalue weighted by molar-refractivity contribution is -0.118. The quantitative estimate of drug-likeness (QED) is 0.207. The van der Waals surface area contributed by atoms with Crippen molar-refractivity contribution >= 4 is 35.0 Å². The fraction of sp³-hybridized carbons (Fsp3) is 0.120. The standard InChI is InChI=1S/C25H22ClN5O2S/c1-17(18-8-14-22(33-2)15-9-18)27-28-23(32)16-34-25-30-29-24(19-6-4-3-5-7-19)31(25)21-12-10-20(26)11-13-21/h3-15H,16H2,1-2H3,(H,28,32)/b27-17-. The highest BCUT2D eigenvalue weighted by molar-refractivity contribution is 7.99. The Morgan fingerprint density at radius 2 is 1.74 bits per heavy atom. The van der Waals surface area contributed by atoms with Gasteiger partial charge in [-0.1, -0.05) is 53.7 Å². The van der Waals surface area contributed by atoms with Gasteiger partial charge in [0, 0.05) is 16.3 Å². The van der Waals surface area contributed by atoms with E-state index < -0.39 is 0 Å². The number of carbonyl (C=O) groups is 1. The molecule has 0 unspecified atom stereocenters. The average molecular weight is 492 g/mol. The van der Waals surface area contributed by atoms with Crippen molar-refractivity contribution in [2.75, 3.05) is 12.9 Å². The topological polar surface area (TPSA) is 81.4 Å². The molecule has 34 heavy (non-hydrogen) atoms. The molecule has 172 valence electrons. The van der Waals surface area contributed by atoms with Gasteiger partial charge in [-0.05, 0) is 61.0 Å². The number of hydrogen-bond acceptors (Lipinski definition) is 6. The lowest BCUT2D eigenvalue weighted by Gasteiger charge is -2.10. The Morgan fingerprint density at radius 3 is 2.41 bits per heavy atom. The van der Waals surface area contributed by atoms with Gasteiger partial charge in [-0.15, -0.1) is 10.2 Å². The van der Waals surface area contributed by atoms with Crippen LogP contribution in [0.1, 0.15) is 12.5 Å². The molecule has 0 saturated carbocycles. The third-order valence-electron chi connectivity index (χ3n) is 4.94. The second-order valence-electron chi connectivity index (χ2n) is 7.23. The summed E-state index contributed by atoms with van der Waals surface area (Å²) < 4.78 is 7.08. The largest absolute Gasteiger partial charge is 0.497 e. The lowest BCUT2D eigenvalue weighted by atomic mass is 10.1. The Morgan fingerprint density at radius 1 is 1.03 bits per heavy atom. The number of thioether (sulfide) groups is 1. The predicted octanol–water partition coefficient (Wildman–Crippen LogP) is 5.23. The highest BCUT2D eigenvalue weighted by Crippen LogP contribution is 2.28. The van der Waals surface area contributed by atoms with Crippen LogP contribution in [0.15, 0.2) is 89.1 Å². The number of hydrogen-bond donors (Lipinski definition) is 1.